The third-order valence-corrected chi connectivity index (χ3v) is 5.90. The van der Waals surface area contributed by atoms with Crippen LogP contribution in [0.15, 0.2) is 41.4 Å². The molecule has 0 bridgehead atoms. The quantitative estimate of drug-likeness (QED) is 0.353. The first-order chi connectivity index (χ1) is 17.5. The number of hydrogen-bond donors (Lipinski definition) is 3. The van der Waals surface area contributed by atoms with Crippen molar-refractivity contribution in [3.05, 3.63) is 42.1 Å². The highest BCUT2D eigenvalue weighted by Gasteiger charge is 2.38. The number of rotatable bonds is 11. The second kappa shape index (κ2) is 13.8. The van der Waals surface area contributed by atoms with Gasteiger partial charge in [0.25, 0.3) is 10.0 Å². The lowest BCUT2D eigenvalue weighted by Crippen LogP contribution is -2.33. The molecule has 0 aliphatic rings. The van der Waals surface area contributed by atoms with Gasteiger partial charge in [-0.2, -0.15) is 13.2 Å². The SMILES string of the molecule is CCOc1ccc(S(=O)(=O)Nc2cnc(N(CC(C)C)CC(C)C)c(C(=O)O)c2)cc1.O=C(O)C(F)(F)F. The number of alkyl halides is 3. The zero-order chi connectivity index (χ0) is 29.3. The van der Waals surface area contributed by atoms with Crippen LogP contribution in [0.5, 0.6) is 5.75 Å². The number of carboxylic acids is 2. The molecule has 212 valence electrons. The van der Waals surface area contributed by atoms with Crippen LogP contribution >= 0.6 is 0 Å². The third-order valence-electron chi connectivity index (χ3n) is 4.51. The molecule has 1 aromatic carbocycles. The second-order valence-electron chi connectivity index (χ2n) is 8.91. The van der Waals surface area contributed by atoms with Gasteiger partial charge in [0.15, 0.2) is 0 Å². The number of benzene rings is 1. The van der Waals surface area contributed by atoms with Crippen molar-refractivity contribution in [1.29, 1.82) is 0 Å². The van der Waals surface area contributed by atoms with Crippen molar-refractivity contribution in [3.8, 4) is 5.75 Å². The van der Waals surface area contributed by atoms with Crippen LogP contribution in [0.3, 0.4) is 0 Å². The van der Waals surface area contributed by atoms with Gasteiger partial charge in [-0.25, -0.2) is 23.0 Å². The summed E-state index contributed by atoms with van der Waals surface area (Å²) in [5.74, 6) is -2.41. The first-order valence-corrected chi connectivity index (χ1v) is 13.0. The summed E-state index contributed by atoms with van der Waals surface area (Å²) in [6.45, 7) is 11.8. The van der Waals surface area contributed by atoms with E-state index in [1.807, 2.05) is 39.5 Å². The molecule has 0 saturated carbocycles. The molecule has 10 nitrogen and oxygen atoms in total. The minimum absolute atomic E-state index is 0.0400. The van der Waals surface area contributed by atoms with Gasteiger partial charge in [-0.3, -0.25) is 4.72 Å². The van der Waals surface area contributed by atoms with Crippen LogP contribution in [0.25, 0.3) is 0 Å². The summed E-state index contributed by atoms with van der Waals surface area (Å²) in [6, 6.07) is 7.31. The van der Waals surface area contributed by atoms with E-state index in [1.165, 1.54) is 24.4 Å². The lowest BCUT2D eigenvalue weighted by atomic mass is 10.1. The van der Waals surface area contributed by atoms with Gasteiger partial charge in [0.2, 0.25) is 0 Å². The third kappa shape index (κ3) is 10.4. The van der Waals surface area contributed by atoms with Crippen molar-refractivity contribution in [2.24, 2.45) is 11.8 Å². The average molecular weight is 564 g/mol. The molecule has 1 heterocycles. The Labute approximate surface area is 219 Å². The van der Waals surface area contributed by atoms with Crippen LogP contribution in [-0.2, 0) is 14.8 Å². The van der Waals surface area contributed by atoms with Gasteiger partial charge in [0.1, 0.15) is 17.1 Å². The van der Waals surface area contributed by atoms with Crippen LogP contribution in [0, 0.1) is 11.8 Å². The maximum Gasteiger partial charge on any atom is 0.490 e. The van der Waals surface area contributed by atoms with Crippen molar-refractivity contribution in [2.45, 2.75) is 45.7 Å². The Balaban J connectivity index is 0.000000905. The smallest absolute Gasteiger partial charge is 0.490 e. The Morgan fingerprint density at radius 1 is 1.05 bits per heavy atom. The van der Waals surface area contributed by atoms with E-state index in [0.29, 0.717) is 43.1 Å². The molecular formula is C24H32F3N3O7S. The monoisotopic (exact) mass is 563 g/mol. The zero-order valence-corrected chi connectivity index (χ0v) is 22.4. The highest BCUT2D eigenvalue weighted by molar-refractivity contribution is 7.92. The summed E-state index contributed by atoms with van der Waals surface area (Å²) in [5, 5.41) is 16.9. The summed E-state index contributed by atoms with van der Waals surface area (Å²) in [4.78, 5) is 27.1. The van der Waals surface area contributed by atoms with E-state index >= 15 is 0 Å². The number of aromatic carboxylic acids is 1. The standard InChI is InChI=1S/C22H31N3O5S.C2HF3O2/c1-6-30-18-7-9-19(10-8-18)31(28,29)24-17-11-20(22(26)27)21(23-12-17)25(13-15(2)3)14-16(4)5;3-2(4,5)1(6)7/h7-12,15-16,24H,6,13-14H2,1-5H3,(H,26,27);(H,6,7). The Kier molecular flexibility index (Phi) is 11.8. The number of ether oxygens (including phenoxy) is 1. The Hall–Kier alpha value is -3.55. The van der Waals surface area contributed by atoms with E-state index in [4.69, 9.17) is 14.6 Å². The number of nitrogens with zero attached hydrogens (tertiary/aromatic N) is 2. The second-order valence-corrected chi connectivity index (χ2v) is 10.6. The fraction of sp³-hybridized carbons (Fsp3) is 0.458. The van der Waals surface area contributed by atoms with E-state index in [2.05, 4.69) is 9.71 Å². The summed E-state index contributed by atoms with van der Waals surface area (Å²) < 4.78 is 64.9. The van der Waals surface area contributed by atoms with Gasteiger partial charge >= 0.3 is 18.1 Å². The number of sulfonamides is 1. The lowest BCUT2D eigenvalue weighted by molar-refractivity contribution is -0.192. The number of nitrogens with one attached hydrogen (secondary N) is 1. The first-order valence-electron chi connectivity index (χ1n) is 11.5. The zero-order valence-electron chi connectivity index (χ0n) is 21.6. The molecule has 0 aliphatic carbocycles. The van der Waals surface area contributed by atoms with Crippen LogP contribution in [0.2, 0.25) is 0 Å². The number of aliphatic carboxylic acids is 1. The molecule has 0 unspecified atom stereocenters. The van der Waals surface area contributed by atoms with Crippen LogP contribution in [0.4, 0.5) is 24.7 Å². The molecule has 38 heavy (non-hydrogen) atoms. The minimum Gasteiger partial charge on any atom is -0.494 e. The number of aromatic nitrogens is 1. The van der Waals surface area contributed by atoms with Gasteiger partial charge in [0.05, 0.1) is 23.4 Å². The van der Waals surface area contributed by atoms with Crippen molar-refractivity contribution < 1.29 is 46.1 Å². The van der Waals surface area contributed by atoms with Gasteiger partial charge in [-0.05, 0) is 49.1 Å². The molecule has 0 saturated heterocycles. The van der Waals surface area contributed by atoms with E-state index in [9.17, 15) is 31.5 Å². The topological polar surface area (TPSA) is 146 Å². The highest BCUT2D eigenvalue weighted by Crippen LogP contribution is 2.25. The molecule has 0 atom stereocenters. The van der Waals surface area contributed by atoms with E-state index in [0.717, 1.165) is 0 Å². The van der Waals surface area contributed by atoms with Gasteiger partial charge in [-0.1, -0.05) is 27.7 Å². The molecule has 0 radical (unpaired) electrons. The lowest BCUT2D eigenvalue weighted by Gasteiger charge is -2.28. The van der Waals surface area contributed by atoms with Crippen molar-refractivity contribution >= 4 is 33.5 Å². The highest BCUT2D eigenvalue weighted by atomic mass is 32.2. The van der Waals surface area contributed by atoms with Crippen molar-refractivity contribution in [3.63, 3.8) is 0 Å². The first kappa shape index (κ1) is 32.5. The molecule has 0 fully saturated rings. The number of hydrogen-bond acceptors (Lipinski definition) is 7. The van der Waals surface area contributed by atoms with E-state index in [-0.39, 0.29) is 16.1 Å². The largest absolute Gasteiger partial charge is 0.494 e. The number of pyridine rings is 1. The summed E-state index contributed by atoms with van der Waals surface area (Å²) in [5.41, 5.74) is 0.0391. The fourth-order valence-electron chi connectivity index (χ4n) is 3.15. The van der Waals surface area contributed by atoms with Gasteiger partial charge in [-0.15, -0.1) is 0 Å². The molecule has 0 aliphatic heterocycles. The summed E-state index contributed by atoms with van der Waals surface area (Å²) in [7, 11) is -3.91. The molecule has 1 aromatic heterocycles. The molecular weight excluding hydrogens is 531 g/mol. The van der Waals surface area contributed by atoms with Gasteiger partial charge < -0.3 is 19.8 Å². The number of halogens is 3. The predicted octanol–water partition coefficient (Wildman–Crippen LogP) is 4.73. The minimum atomic E-state index is -5.08. The van der Waals surface area contributed by atoms with E-state index < -0.39 is 28.1 Å². The van der Waals surface area contributed by atoms with E-state index in [1.54, 1.807) is 12.1 Å². The fourth-order valence-corrected chi connectivity index (χ4v) is 4.18. The molecule has 0 spiro atoms. The van der Waals surface area contributed by atoms with Crippen LogP contribution in [-0.4, -0.2) is 61.4 Å². The van der Waals surface area contributed by atoms with Crippen molar-refractivity contribution in [2.75, 3.05) is 29.3 Å². The molecule has 14 heteroatoms. The number of carboxylic acid groups (broad SMARTS) is 2. The Morgan fingerprint density at radius 3 is 1.95 bits per heavy atom. The Morgan fingerprint density at radius 2 is 1.55 bits per heavy atom. The maximum atomic E-state index is 12.7. The average Bonchev–Trinajstić information content (AvgIpc) is 2.78. The van der Waals surface area contributed by atoms with Crippen molar-refractivity contribution in [1.82, 2.24) is 4.98 Å². The summed E-state index contributed by atoms with van der Waals surface area (Å²) >= 11 is 0. The van der Waals surface area contributed by atoms with Crippen LogP contribution in [0.1, 0.15) is 45.0 Å². The Bertz CT molecular complexity index is 1180. The van der Waals surface area contributed by atoms with Gasteiger partial charge in [0, 0.05) is 13.1 Å². The molecule has 2 aromatic rings. The molecule has 0 amide bonds. The summed E-state index contributed by atoms with van der Waals surface area (Å²) in [6.07, 6.45) is -3.73. The predicted molar refractivity (Wildman–Crippen MR) is 135 cm³/mol. The molecule has 2 rings (SSSR count). The number of anilines is 2. The number of carbonyl (C=O) groups is 2. The normalized spacial score (nSPS) is 11.5. The molecule has 3 N–H and O–H groups in total. The van der Waals surface area contributed by atoms with Crippen LogP contribution < -0.4 is 14.4 Å². The maximum absolute atomic E-state index is 12.7.